The van der Waals surface area contributed by atoms with Crippen molar-refractivity contribution >= 4 is 0 Å². The van der Waals surface area contributed by atoms with E-state index < -0.39 is 0 Å². The molecule has 1 N–H and O–H groups in total. The van der Waals surface area contributed by atoms with Gasteiger partial charge >= 0.3 is 0 Å². The van der Waals surface area contributed by atoms with E-state index in [9.17, 15) is 0 Å². The molecule has 1 aromatic rings. The van der Waals surface area contributed by atoms with Gasteiger partial charge in [-0.1, -0.05) is 6.92 Å². The number of rotatable bonds is 6. The van der Waals surface area contributed by atoms with Crippen LogP contribution in [-0.2, 0) is 0 Å². The Hall–Kier alpha value is -1.22. The van der Waals surface area contributed by atoms with Crippen LogP contribution >= 0.6 is 0 Å². The van der Waals surface area contributed by atoms with Crippen molar-refractivity contribution in [1.82, 2.24) is 5.32 Å². The molecule has 0 saturated heterocycles. The van der Waals surface area contributed by atoms with Crippen molar-refractivity contribution in [2.75, 3.05) is 14.2 Å². The highest BCUT2D eigenvalue weighted by Gasteiger charge is 2.14. The molecule has 17 heavy (non-hydrogen) atoms. The first-order valence-electron chi connectivity index (χ1n) is 6.10. The number of benzene rings is 1. The summed E-state index contributed by atoms with van der Waals surface area (Å²) < 4.78 is 10.6. The SMILES string of the molecule is CCC(C)NC(C)c1cc(OC)ccc1OC. The molecule has 3 nitrogen and oxygen atoms in total. The third kappa shape index (κ3) is 3.63. The Labute approximate surface area is 104 Å². The maximum atomic E-state index is 5.39. The molecule has 0 radical (unpaired) electrons. The van der Waals surface area contributed by atoms with E-state index in [1.54, 1.807) is 14.2 Å². The summed E-state index contributed by atoms with van der Waals surface area (Å²) in [5.41, 5.74) is 1.13. The zero-order chi connectivity index (χ0) is 12.8. The molecule has 0 bridgehead atoms. The first kappa shape index (κ1) is 13.8. The van der Waals surface area contributed by atoms with E-state index in [0.717, 1.165) is 23.5 Å². The Bertz CT molecular complexity index is 352. The van der Waals surface area contributed by atoms with Crippen molar-refractivity contribution in [2.24, 2.45) is 0 Å². The summed E-state index contributed by atoms with van der Waals surface area (Å²) in [7, 11) is 3.37. The van der Waals surface area contributed by atoms with Crippen molar-refractivity contribution in [3.05, 3.63) is 23.8 Å². The number of methoxy groups -OCH3 is 2. The summed E-state index contributed by atoms with van der Waals surface area (Å²) in [5.74, 6) is 1.76. The van der Waals surface area contributed by atoms with Crippen LogP contribution in [-0.4, -0.2) is 20.3 Å². The van der Waals surface area contributed by atoms with Crippen LogP contribution in [0, 0.1) is 0 Å². The molecule has 0 aliphatic rings. The van der Waals surface area contributed by atoms with Gasteiger partial charge in [-0.25, -0.2) is 0 Å². The summed E-state index contributed by atoms with van der Waals surface area (Å²) >= 11 is 0. The third-order valence-corrected chi connectivity index (χ3v) is 3.05. The largest absolute Gasteiger partial charge is 0.497 e. The minimum absolute atomic E-state index is 0.245. The monoisotopic (exact) mass is 237 g/mol. The van der Waals surface area contributed by atoms with Crippen LogP contribution in [0.2, 0.25) is 0 Å². The van der Waals surface area contributed by atoms with Gasteiger partial charge in [-0.3, -0.25) is 0 Å². The number of nitrogens with one attached hydrogen (secondary N) is 1. The van der Waals surface area contributed by atoms with Gasteiger partial charge in [-0.05, 0) is 38.5 Å². The van der Waals surface area contributed by atoms with Crippen LogP contribution < -0.4 is 14.8 Å². The fourth-order valence-corrected chi connectivity index (χ4v) is 1.81. The highest BCUT2D eigenvalue weighted by atomic mass is 16.5. The lowest BCUT2D eigenvalue weighted by Gasteiger charge is -2.21. The van der Waals surface area contributed by atoms with Crippen LogP contribution in [0.15, 0.2) is 18.2 Å². The Morgan fingerprint density at radius 1 is 1.18 bits per heavy atom. The molecule has 1 aromatic carbocycles. The molecule has 0 heterocycles. The van der Waals surface area contributed by atoms with E-state index in [1.807, 2.05) is 18.2 Å². The predicted molar refractivity (Wildman–Crippen MR) is 70.8 cm³/mol. The topological polar surface area (TPSA) is 30.5 Å². The van der Waals surface area contributed by atoms with Gasteiger partial charge in [0.2, 0.25) is 0 Å². The van der Waals surface area contributed by atoms with Crippen molar-refractivity contribution in [3.8, 4) is 11.5 Å². The Morgan fingerprint density at radius 2 is 1.88 bits per heavy atom. The van der Waals surface area contributed by atoms with E-state index in [1.165, 1.54) is 0 Å². The summed E-state index contributed by atoms with van der Waals surface area (Å²) in [5, 5.41) is 3.54. The van der Waals surface area contributed by atoms with Gasteiger partial charge in [0.15, 0.2) is 0 Å². The molecule has 0 fully saturated rings. The first-order chi connectivity index (χ1) is 8.12. The normalized spacial score (nSPS) is 14.2. The number of hydrogen-bond acceptors (Lipinski definition) is 3. The van der Waals surface area contributed by atoms with Crippen molar-refractivity contribution < 1.29 is 9.47 Å². The summed E-state index contributed by atoms with van der Waals surface area (Å²) in [6.07, 6.45) is 1.11. The van der Waals surface area contributed by atoms with Crippen LogP contribution in [0.1, 0.15) is 38.8 Å². The standard InChI is InChI=1S/C14H23NO2/c1-6-10(2)15-11(3)13-9-12(16-4)7-8-14(13)17-5/h7-11,15H,6H2,1-5H3. The molecule has 0 amide bonds. The highest BCUT2D eigenvalue weighted by Crippen LogP contribution is 2.29. The minimum atomic E-state index is 0.245. The summed E-state index contributed by atoms with van der Waals surface area (Å²) in [6, 6.07) is 6.62. The third-order valence-electron chi connectivity index (χ3n) is 3.05. The molecule has 96 valence electrons. The summed E-state index contributed by atoms with van der Waals surface area (Å²) in [4.78, 5) is 0. The molecular formula is C14H23NO2. The van der Waals surface area contributed by atoms with Crippen LogP contribution in [0.25, 0.3) is 0 Å². The van der Waals surface area contributed by atoms with Crippen LogP contribution in [0.5, 0.6) is 11.5 Å². The lowest BCUT2D eigenvalue weighted by atomic mass is 10.1. The Balaban J connectivity index is 2.92. The zero-order valence-corrected chi connectivity index (χ0v) is 11.4. The van der Waals surface area contributed by atoms with Crippen molar-refractivity contribution in [1.29, 1.82) is 0 Å². The van der Waals surface area contributed by atoms with Crippen LogP contribution in [0.3, 0.4) is 0 Å². The molecule has 0 aliphatic carbocycles. The molecular weight excluding hydrogens is 214 g/mol. The average Bonchev–Trinajstić information content (AvgIpc) is 2.37. The average molecular weight is 237 g/mol. The molecule has 2 unspecified atom stereocenters. The molecule has 0 saturated carbocycles. The Kier molecular flexibility index (Phi) is 5.29. The van der Waals surface area contributed by atoms with Gasteiger partial charge in [-0.2, -0.15) is 0 Å². The molecule has 2 atom stereocenters. The smallest absolute Gasteiger partial charge is 0.123 e. The van der Waals surface area contributed by atoms with Gasteiger partial charge in [0.05, 0.1) is 14.2 Å². The summed E-state index contributed by atoms with van der Waals surface area (Å²) in [6.45, 7) is 6.50. The molecule has 0 spiro atoms. The maximum Gasteiger partial charge on any atom is 0.123 e. The Morgan fingerprint density at radius 3 is 2.41 bits per heavy atom. The molecule has 0 aliphatic heterocycles. The predicted octanol–water partition coefficient (Wildman–Crippen LogP) is 3.15. The number of hydrogen-bond donors (Lipinski definition) is 1. The van der Waals surface area contributed by atoms with Gasteiger partial charge in [-0.15, -0.1) is 0 Å². The lowest BCUT2D eigenvalue weighted by molar-refractivity contribution is 0.385. The lowest BCUT2D eigenvalue weighted by Crippen LogP contribution is -2.28. The first-order valence-corrected chi connectivity index (χ1v) is 6.10. The van der Waals surface area contributed by atoms with Crippen molar-refractivity contribution in [3.63, 3.8) is 0 Å². The van der Waals surface area contributed by atoms with E-state index in [2.05, 4.69) is 26.1 Å². The fraction of sp³-hybridized carbons (Fsp3) is 0.571. The second-order valence-corrected chi connectivity index (χ2v) is 4.31. The van der Waals surface area contributed by atoms with Crippen molar-refractivity contribution in [2.45, 2.75) is 39.3 Å². The van der Waals surface area contributed by atoms with E-state index in [4.69, 9.17) is 9.47 Å². The molecule has 3 heteroatoms. The number of ether oxygens (including phenoxy) is 2. The van der Waals surface area contributed by atoms with E-state index in [-0.39, 0.29) is 6.04 Å². The zero-order valence-electron chi connectivity index (χ0n) is 11.4. The molecule has 1 rings (SSSR count). The van der Waals surface area contributed by atoms with Gasteiger partial charge in [0.1, 0.15) is 11.5 Å². The second-order valence-electron chi connectivity index (χ2n) is 4.31. The highest BCUT2D eigenvalue weighted by molar-refractivity contribution is 5.42. The van der Waals surface area contributed by atoms with Gasteiger partial charge < -0.3 is 14.8 Å². The van der Waals surface area contributed by atoms with E-state index in [0.29, 0.717) is 6.04 Å². The van der Waals surface area contributed by atoms with Gasteiger partial charge in [0, 0.05) is 17.6 Å². The molecule has 0 aromatic heterocycles. The fourth-order valence-electron chi connectivity index (χ4n) is 1.81. The quantitative estimate of drug-likeness (QED) is 0.824. The maximum absolute atomic E-state index is 5.39. The second kappa shape index (κ2) is 6.50. The van der Waals surface area contributed by atoms with Gasteiger partial charge in [0.25, 0.3) is 0 Å². The van der Waals surface area contributed by atoms with Crippen LogP contribution in [0.4, 0.5) is 0 Å². The van der Waals surface area contributed by atoms with E-state index >= 15 is 0 Å². The minimum Gasteiger partial charge on any atom is -0.497 e.